The van der Waals surface area contributed by atoms with Gasteiger partial charge in [-0.05, 0) is 54.7 Å². The predicted octanol–water partition coefficient (Wildman–Crippen LogP) is 4.99. The van der Waals surface area contributed by atoms with Crippen molar-refractivity contribution in [2.24, 2.45) is 0 Å². The summed E-state index contributed by atoms with van der Waals surface area (Å²) in [6.07, 6.45) is 2.24. The van der Waals surface area contributed by atoms with Crippen LogP contribution >= 0.6 is 11.6 Å². The Morgan fingerprint density at radius 1 is 0.969 bits per heavy atom. The lowest BCUT2D eigenvalue weighted by molar-refractivity contribution is -0.0255. The SMILES string of the molecule is O=C1c2ccccc2COc2ccc(CCN3CCC(O)(c4ccc(Cl)cc4)CC3)cc21. The highest BCUT2D eigenvalue weighted by Gasteiger charge is 2.33. The quantitative estimate of drug-likeness (QED) is 0.612. The van der Waals surface area contributed by atoms with Crippen LogP contribution in [0, 0.1) is 0 Å². The fourth-order valence-electron chi connectivity index (χ4n) is 4.69. The summed E-state index contributed by atoms with van der Waals surface area (Å²) in [5.41, 5.74) is 3.56. The van der Waals surface area contributed by atoms with Crippen LogP contribution in [0.4, 0.5) is 0 Å². The van der Waals surface area contributed by atoms with Crippen LogP contribution in [0.15, 0.2) is 66.7 Å². The van der Waals surface area contributed by atoms with Crippen molar-refractivity contribution in [3.8, 4) is 5.75 Å². The number of hydrogen-bond donors (Lipinski definition) is 1. The minimum Gasteiger partial charge on any atom is -0.488 e. The van der Waals surface area contributed by atoms with E-state index in [-0.39, 0.29) is 5.78 Å². The topological polar surface area (TPSA) is 49.8 Å². The van der Waals surface area contributed by atoms with Crippen molar-refractivity contribution in [2.45, 2.75) is 31.5 Å². The molecule has 4 nitrogen and oxygen atoms in total. The second-order valence-electron chi connectivity index (χ2n) is 8.74. The van der Waals surface area contributed by atoms with Crippen LogP contribution in [0.1, 0.15) is 45.5 Å². The summed E-state index contributed by atoms with van der Waals surface area (Å²) < 4.78 is 5.90. The van der Waals surface area contributed by atoms with Gasteiger partial charge in [-0.1, -0.05) is 54.1 Å². The van der Waals surface area contributed by atoms with E-state index in [1.165, 1.54) is 0 Å². The van der Waals surface area contributed by atoms with Gasteiger partial charge in [0.1, 0.15) is 12.4 Å². The maximum Gasteiger partial charge on any atom is 0.197 e. The Morgan fingerprint density at radius 3 is 2.50 bits per heavy atom. The second kappa shape index (κ2) is 8.70. The van der Waals surface area contributed by atoms with E-state index >= 15 is 0 Å². The highest BCUT2D eigenvalue weighted by Crippen LogP contribution is 2.34. The van der Waals surface area contributed by atoms with Crippen LogP contribution in [0.2, 0.25) is 5.02 Å². The molecule has 0 spiro atoms. The molecule has 164 valence electrons. The molecule has 2 aliphatic rings. The first-order chi connectivity index (χ1) is 15.5. The molecule has 5 rings (SSSR count). The number of halogens is 1. The number of ketones is 1. The first-order valence-electron chi connectivity index (χ1n) is 11.1. The minimum atomic E-state index is -0.789. The van der Waals surface area contributed by atoms with Crippen molar-refractivity contribution in [1.29, 1.82) is 0 Å². The van der Waals surface area contributed by atoms with E-state index in [0.29, 0.717) is 35.8 Å². The molecule has 0 bridgehead atoms. The first-order valence-corrected chi connectivity index (χ1v) is 11.5. The first kappa shape index (κ1) is 21.2. The number of hydrogen-bond acceptors (Lipinski definition) is 4. The second-order valence-corrected chi connectivity index (χ2v) is 9.17. The van der Waals surface area contributed by atoms with Gasteiger partial charge in [-0.25, -0.2) is 0 Å². The number of carbonyl (C=O) groups is 1. The smallest absolute Gasteiger partial charge is 0.197 e. The van der Waals surface area contributed by atoms with E-state index in [0.717, 1.165) is 48.3 Å². The zero-order valence-corrected chi connectivity index (χ0v) is 18.6. The fraction of sp³-hybridized carbons (Fsp3) is 0.296. The third-order valence-corrected chi connectivity index (χ3v) is 6.97. The molecule has 0 aliphatic carbocycles. The van der Waals surface area contributed by atoms with Gasteiger partial charge in [0.05, 0.1) is 11.2 Å². The van der Waals surface area contributed by atoms with Crippen LogP contribution in [0.25, 0.3) is 0 Å². The summed E-state index contributed by atoms with van der Waals surface area (Å²) >= 11 is 5.99. The number of likely N-dealkylation sites (tertiary alicyclic amines) is 1. The summed E-state index contributed by atoms with van der Waals surface area (Å²) in [7, 11) is 0. The molecule has 1 saturated heterocycles. The maximum absolute atomic E-state index is 13.1. The molecule has 0 saturated carbocycles. The molecule has 1 N–H and O–H groups in total. The van der Waals surface area contributed by atoms with Gasteiger partial charge >= 0.3 is 0 Å². The number of piperidine rings is 1. The Morgan fingerprint density at radius 2 is 1.72 bits per heavy atom. The van der Waals surface area contributed by atoms with Gasteiger partial charge in [-0.2, -0.15) is 0 Å². The Kier molecular flexibility index (Phi) is 5.76. The predicted molar refractivity (Wildman–Crippen MR) is 125 cm³/mol. The van der Waals surface area contributed by atoms with E-state index in [2.05, 4.69) is 11.0 Å². The average Bonchev–Trinajstić information content (AvgIpc) is 2.96. The zero-order chi connectivity index (χ0) is 22.1. The number of ether oxygens (including phenoxy) is 1. The van der Waals surface area contributed by atoms with Crippen LogP contribution in [0.3, 0.4) is 0 Å². The van der Waals surface area contributed by atoms with Crippen molar-refractivity contribution in [2.75, 3.05) is 19.6 Å². The van der Waals surface area contributed by atoms with Crippen LogP contribution in [-0.4, -0.2) is 35.4 Å². The summed E-state index contributed by atoms with van der Waals surface area (Å²) in [6.45, 7) is 2.97. The van der Waals surface area contributed by atoms with Crippen molar-refractivity contribution in [1.82, 2.24) is 4.90 Å². The molecule has 0 atom stereocenters. The normalized spacial score (nSPS) is 17.8. The number of fused-ring (bicyclic) bond motifs is 2. The molecular weight excluding hydrogens is 422 g/mol. The number of aliphatic hydroxyl groups is 1. The van der Waals surface area contributed by atoms with E-state index in [9.17, 15) is 9.90 Å². The molecular formula is C27H26ClNO3. The number of rotatable bonds is 4. The maximum atomic E-state index is 13.1. The lowest BCUT2D eigenvalue weighted by Gasteiger charge is -2.38. The van der Waals surface area contributed by atoms with Crippen LogP contribution in [0.5, 0.6) is 5.75 Å². The highest BCUT2D eigenvalue weighted by molar-refractivity contribution is 6.30. The van der Waals surface area contributed by atoms with Crippen molar-refractivity contribution in [3.05, 3.63) is 99.6 Å². The van der Waals surface area contributed by atoms with Gasteiger partial charge in [0, 0.05) is 35.8 Å². The largest absolute Gasteiger partial charge is 0.488 e. The zero-order valence-electron chi connectivity index (χ0n) is 17.9. The molecule has 3 aromatic carbocycles. The molecule has 32 heavy (non-hydrogen) atoms. The molecule has 2 aliphatic heterocycles. The highest BCUT2D eigenvalue weighted by atomic mass is 35.5. The lowest BCUT2D eigenvalue weighted by atomic mass is 9.84. The molecule has 0 amide bonds. The van der Waals surface area contributed by atoms with Gasteiger partial charge in [0.25, 0.3) is 0 Å². The van der Waals surface area contributed by atoms with E-state index < -0.39 is 5.60 Å². The lowest BCUT2D eigenvalue weighted by Crippen LogP contribution is -2.43. The molecule has 1 fully saturated rings. The molecule has 0 aromatic heterocycles. The summed E-state index contributed by atoms with van der Waals surface area (Å²) in [5, 5.41) is 11.8. The summed E-state index contributed by atoms with van der Waals surface area (Å²) in [6, 6.07) is 21.1. The number of benzene rings is 3. The van der Waals surface area contributed by atoms with E-state index in [1.54, 1.807) is 0 Å². The monoisotopic (exact) mass is 447 g/mol. The van der Waals surface area contributed by atoms with Gasteiger partial charge < -0.3 is 14.7 Å². The standard InChI is InChI=1S/C27H26ClNO3/c28-22-8-6-21(7-9-22)27(31)12-15-29(16-13-27)14-11-19-5-10-25-24(17-19)26(30)23-4-2-1-3-20(23)18-32-25/h1-10,17,31H,11-16,18H2. The third kappa shape index (κ3) is 4.18. The number of nitrogens with zero attached hydrogens (tertiary/aromatic N) is 1. The third-order valence-electron chi connectivity index (χ3n) is 6.72. The van der Waals surface area contributed by atoms with Gasteiger partial charge in [-0.3, -0.25) is 4.79 Å². The Hall–Kier alpha value is -2.66. The van der Waals surface area contributed by atoms with Gasteiger partial charge in [0.15, 0.2) is 5.78 Å². The molecule has 2 heterocycles. The minimum absolute atomic E-state index is 0.0287. The molecule has 0 unspecified atom stereocenters. The summed E-state index contributed by atoms with van der Waals surface area (Å²) in [4.78, 5) is 15.5. The Balaban J connectivity index is 1.23. The molecule has 3 aromatic rings. The Bertz CT molecular complexity index is 1130. The van der Waals surface area contributed by atoms with Crippen molar-refractivity contribution in [3.63, 3.8) is 0 Å². The van der Waals surface area contributed by atoms with E-state index in [4.69, 9.17) is 16.3 Å². The molecule has 5 heteroatoms. The van der Waals surface area contributed by atoms with Crippen LogP contribution < -0.4 is 4.74 Å². The van der Waals surface area contributed by atoms with Crippen molar-refractivity contribution < 1.29 is 14.6 Å². The number of carbonyl (C=O) groups excluding carboxylic acids is 1. The van der Waals surface area contributed by atoms with E-state index in [1.807, 2.05) is 60.7 Å². The summed E-state index contributed by atoms with van der Waals surface area (Å²) in [5.74, 6) is 0.682. The fourth-order valence-corrected chi connectivity index (χ4v) is 4.81. The average molecular weight is 448 g/mol. The van der Waals surface area contributed by atoms with Gasteiger partial charge in [-0.15, -0.1) is 0 Å². The van der Waals surface area contributed by atoms with Gasteiger partial charge in [0.2, 0.25) is 0 Å². The molecule has 0 radical (unpaired) electrons. The Labute approximate surface area is 193 Å². The van der Waals surface area contributed by atoms with Crippen LogP contribution in [-0.2, 0) is 18.6 Å². The van der Waals surface area contributed by atoms with Crippen molar-refractivity contribution >= 4 is 17.4 Å².